The summed E-state index contributed by atoms with van der Waals surface area (Å²) in [6.45, 7) is 4.16. The number of nitrogens with one attached hydrogen (secondary N) is 1. The Bertz CT molecular complexity index is 2000. The molecule has 0 saturated carbocycles. The van der Waals surface area contributed by atoms with Crippen LogP contribution in [0.1, 0.15) is 57.5 Å². The van der Waals surface area contributed by atoms with Gasteiger partial charge in [-0.05, 0) is 61.8 Å². The van der Waals surface area contributed by atoms with Gasteiger partial charge in [0, 0.05) is 12.3 Å². The number of nitrogens with zero attached hydrogens (tertiary/aromatic N) is 4. The maximum absolute atomic E-state index is 13.7. The number of ether oxygens (including phenoxy) is 2. The molecule has 4 aromatic rings. The largest absolute Gasteiger partial charge is 0.449 e. The summed E-state index contributed by atoms with van der Waals surface area (Å²) in [6, 6.07) is 13.8. The maximum Gasteiger partial charge on any atom is 0.303 e. The predicted octanol–water partition coefficient (Wildman–Crippen LogP) is 2.12. The van der Waals surface area contributed by atoms with Crippen LogP contribution in [0.15, 0.2) is 54.6 Å². The van der Waals surface area contributed by atoms with Crippen LogP contribution >= 0.6 is 11.5 Å². The van der Waals surface area contributed by atoms with Gasteiger partial charge < -0.3 is 25.6 Å². The van der Waals surface area contributed by atoms with E-state index in [1.54, 1.807) is 44.2 Å². The number of morpholine rings is 1. The number of pyridine rings is 1. The van der Waals surface area contributed by atoms with E-state index in [1.807, 2.05) is 0 Å². The number of rotatable bonds is 8. The number of fused-ring (bicyclic) bond motifs is 2. The fourth-order valence-corrected chi connectivity index (χ4v) is 6.40. The van der Waals surface area contributed by atoms with Gasteiger partial charge in [-0.1, -0.05) is 18.2 Å². The van der Waals surface area contributed by atoms with Crippen molar-refractivity contribution < 1.29 is 43.3 Å². The molecule has 48 heavy (non-hydrogen) atoms. The summed E-state index contributed by atoms with van der Waals surface area (Å²) < 4.78 is 15.4. The van der Waals surface area contributed by atoms with Gasteiger partial charge >= 0.3 is 5.97 Å². The lowest BCUT2D eigenvalue weighted by Gasteiger charge is -2.35. The Morgan fingerprint density at radius 1 is 1.06 bits per heavy atom. The second kappa shape index (κ2) is 12.2. The number of imide groups is 1. The fraction of sp³-hybridized carbons (Fsp3) is 0.250. The molecule has 15 nitrogen and oxygen atoms in total. The number of nitrogens with two attached hydrogens (primary N) is 1. The van der Waals surface area contributed by atoms with Gasteiger partial charge in [-0.15, -0.1) is 0 Å². The van der Waals surface area contributed by atoms with Crippen molar-refractivity contribution in [2.45, 2.75) is 38.6 Å². The number of aliphatic hydroxyl groups is 1. The first-order chi connectivity index (χ1) is 22.8. The van der Waals surface area contributed by atoms with Gasteiger partial charge in [0.1, 0.15) is 11.4 Å². The van der Waals surface area contributed by atoms with Crippen molar-refractivity contribution >= 4 is 74.4 Å². The summed E-state index contributed by atoms with van der Waals surface area (Å²) in [4.78, 5) is 85.0. The van der Waals surface area contributed by atoms with Gasteiger partial charge in [-0.25, -0.2) is 9.88 Å². The molecular formula is C32H28N6O9S. The van der Waals surface area contributed by atoms with Crippen LogP contribution in [0.5, 0.6) is 0 Å². The molecule has 1 saturated heterocycles. The number of hydrogen-bond acceptors (Lipinski definition) is 12. The zero-order valence-corrected chi connectivity index (χ0v) is 26.6. The van der Waals surface area contributed by atoms with Crippen molar-refractivity contribution in [2.75, 3.05) is 28.3 Å². The highest BCUT2D eigenvalue weighted by Gasteiger charge is 2.44. The minimum absolute atomic E-state index is 0.0112. The molecule has 2 aliphatic rings. The summed E-state index contributed by atoms with van der Waals surface area (Å²) in [6.07, 6.45) is -3.40. The summed E-state index contributed by atoms with van der Waals surface area (Å²) in [5.74, 6) is -4.58. The van der Waals surface area contributed by atoms with Gasteiger partial charge in [-0.3, -0.25) is 33.7 Å². The highest BCUT2D eigenvalue weighted by Crippen LogP contribution is 2.39. The average molecular weight is 673 g/mol. The smallest absolute Gasteiger partial charge is 0.303 e. The second-order valence-corrected chi connectivity index (χ2v) is 12.2. The van der Waals surface area contributed by atoms with Crippen LogP contribution in [0.2, 0.25) is 0 Å². The number of esters is 1. The first kappa shape index (κ1) is 32.4. The zero-order chi connectivity index (χ0) is 34.5. The molecular weight excluding hydrogens is 644 g/mol. The van der Waals surface area contributed by atoms with Gasteiger partial charge in [0.15, 0.2) is 11.9 Å². The molecule has 2 unspecified atom stereocenters. The van der Waals surface area contributed by atoms with E-state index in [4.69, 9.17) is 15.2 Å². The van der Waals surface area contributed by atoms with Crippen LogP contribution in [0, 0.1) is 0 Å². The minimum atomic E-state index is -1.80. The summed E-state index contributed by atoms with van der Waals surface area (Å²) in [5.41, 5.74) is 4.86. The van der Waals surface area contributed by atoms with Crippen molar-refractivity contribution in [3.8, 4) is 0 Å². The topological polar surface area (TPSA) is 211 Å². The monoisotopic (exact) mass is 672 g/mol. The lowest BCUT2D eigenvalue weighted by atomic mass is 10.0. The van der Waals surface area contributed by atoms with Crippen molar-refractivity contribution in [1.29, 1.82) is 0 Å². The molecule has 246 valence electrons. The predicted molar refractivity (Wildman–Crippen MR) is 171 cm³/mol. The van der Waals surface area contributed by atoms with E-state index in [9.17, 15) is 33.9 Å². The molecule has 4 heterocycles. The van der Waals surface area contributed by atoms with Crippen LogP contribution in [0.3, 0.4) is 0 Å². The van der Waals surface area contributed by atoms with E-state index in [0.717, 1.165) is 23.4 Å². The number of carbonyl (C=O) groups excluding carboxylic acids is 6. The molecule has 2 atom stereocenters. The Hall–Kier alpha value is -5.58. The maximum atomic E-state index is 13.7. The van der Waals surface area contributed by atoms with Crippen molar-refractivity contribution in [3.05, 3.63) is 77.0 Å². The number of aromatic nitrogens is 2. The Balaban J connectivity index is 1.31. The van der Waals surface area contributed by atoms with E-state index >= 15 is 0 Å². The Kier molecular flexibility index (Phi) is 8.24. The molecule has 6 rings (SSSR count). The highest BCUT2D eigenvalue weighted by molar-refractivity contribution is 7.14. The van der Waals surface area contributed by atoms with Crippen LogP contribution in [-0.2, 0) is 29.5 Å². The average Bonchev–Trinajstić information content (AvgIpc) is 3.56. The number of carbonyl (C=O) groups is 6. The number of primary amides is 1. The normalized spacial score (nSPS) is 17.0. The molecule has 2 aromatic heterocycles. The highest BCUT2D eigenvalue weighted by atomic mass is 32.1. The standard InChI is InChI=1S/C32H28N6O9S/c1-15(39)47-23(24-31(44)37(13-14-46-24)21-10-6-9-20(35-21)32(2,3)45)28(41)34-19-12-11-18-25(22(19)26(33)40)48-36-27(18)38-29(42)16-7-4-5-8-17(16)30(38)43/h4-12,23-24,45H,13-14H2,1-3H3,(H2,33,40)(H,34,41). The summed E-state index contributed by atoms with van der Waals surface area (Å²) in [7, 11) is 0. The van der Waals surface area contributed by atoms with E-state index in [2.05, 4.69) is 14.7 Å². The lowest BCUT2D eigenvalue weighted by Crippen LogP contribution is -2.57. The number of hydrogen-bond donors (Lipinski definition) is 3. The molecule has 5 amide bonds. The van der Waals surface area contributed by atoms with Gasteiger partial charge in [0.2, 0.25) is 6.10 Å². The minimum Gasteiger partial charge on any atom is -0.449 e. The van der Waals surface area contributed by atoms with Gasteiger partial charge in [0.25, 0.3) is 29.5 Å². The van der Waals surface area contributed by atoms with Crippen LogP contribution in [-0.4, -0.2) is 75.3 Å². The van der Waals surface area contributed by atoms with Gasteiger partial charge in [-0.2, -0.15) is 4.37 Å². The molecule has 4 N–H and O–H groups in total. The molecule has 0 radical (unpaired) electrons. The quantitative estimate of drug-likeness (QED) is 0.182. The third-order valence-corrected chi connectivity index (χ3v) is 8.59. The molecule has 0 spiro atoms. The Morgan fingerprint density at radius 2 is 1.75 bits per heavy atom. The number of amides is 5. The lowest BCUT2D eigenvalue weighted by molar-refractivity contribution is -0.167. The third-order valence-electron chi connectivity index (χ3n) is 7.72. The van der Waals surface area contributed by atoms with E-state index in [0.29, 0.717) is 5.69 Å². The SMILES string of the molecule is CC(=O)OC(C(=O)Nc1ccc2c(N3C(=O)c4ccccc4C3=O)nsc2c1C(N)=O)C1OCCN(c2cccc(C(C)(C)O)n2)C1=O. The fourth-order valence-electron chi connectivity index (χ4n) is 5.48. The molecule has 0 aliphatic carbocycles. The van der Waals surface area contributed by atoms with Crippen LogP contribution in [0.4, 0.5) is 17.3 Å². The molecule has 2 aliphatic heterocycles. The molecule has 2 aromatic carbocycles. The summed E-state index contributed by atoms with van der Waals surface area (Å²) >= 11 is 0.784. The number of anilines is 3. The first-order valence-corrected chi connectivity index (χ1v) is 15.4. The van der Waals surface area contributed by atoms with E-state index < -0.39 is 53.3 Å². The van der Waals surface area contributed by atoms with Crippen molar-refractivity contribution in [2.24, 2.45) is 5.73 Å². The van der Waals surface area contributed by atoms with Crippen LogP contribution in [0.25, 0.3) is 10.1 Å². The van der Waals surface area contributed by atoms with Gasteiger partial charge in [0.05, 0.1) is 45.9 Å². The Labute approximate surface area is 276 Å². The summed E-state index contributed by atoms with van der Waals surface area (Å²) in [5, 5.41) is 13.2. The van der Waals surface area contributed by atoms with Crippen molar-refractivity contribution in [3.63, 3.8) is 0 Å². The third kappa shape index (κ3) is 5.65. The first-order valence-electron chi connectivity index (χ1n) is 14.6. The zero-order valence-electron chi connectivity index (χ0n) is 25.8. The molecule has 1 fully saturated rings. The number of benzene rings is 2. The van der Waals surface area contributed by atoms with E-state index in [1.165, 1.54) is 29.2 Å². The van der Waals surface area contributed by atoms with E-state index in [-0.39, 0.29) is 57.3 Å². The molecule has 0 bridgehead atoms. The second-order valence-electron chi connectivity index (χ2n) is 11.5. The Morgan fingerprint density at radius 3 is 2.38 bits per heavy atom. The van der Waals surface area contributed by atoms with Crippen molar-refractivity contribution in [1.82, 2.24) is 9.36 Å². The molecule has 16 heteroatoms. The van der Waals surface area contributed by atoms with Crippen LogP contribution < -0.4 is 20.9 Å².